The van der Waals surface area contributed by atoms with Crippen LogP contribution in [0.25, 0.3) is 33.4 Å². The number of benzene rings is 4. The molecule has 3 heterocycles. The van der Waals surface area contributed by atoms with Gasteiger partial charge in [0.1, 0.15) is 44.9 Å². The average molecular weight is 589 g/mol. The van der Waals surface area contributed by atoms with Crippen LogP contribution in [0.4, 0.5) is 0 Å². The van der Waals surface area contributed by atoms with E-state index in [2.05, 4.69) is 44.0 Å². The number of piperazine rings is 1. The van der Waals surface area contributed by atoms with E-state index in [9.17, 15) is 10.2 Å². The summed E-state index contributed by atoms with van der Waals surface area (Å²) in [6.45, 7) is 11.4. The van der Waals surface area contributed by atoms with Gasteiger partial charge in [0.05, 0.1) is 0 Å². The van der Waals surface area contributed by atoms with E-state index in [4.69, 9.17) is 0 Å². The van der Waals surface area contributed by atoms with Crippen molar-refractivity contribution in [3.8, 4) is 22.9 Å². The van der Waals surface area contributed by atoms with Crippen LogP contribution in [-0.4, -0.2) is 75.2 Å². The fourth-order valence-corrected chi connectivity index (χ4v) is 6.30. The van der Waals surface area contributed by atoms with Crippen molar-refractivity contribution >= 4 is 22.1 Å². The summed E-state index contributed by atoms with van der Waals surface area (Å²) in [5, 5.41) is 41.1. The quantitative estimate of drug-likeness (QED) is 0.271. The lowest BCUT2D eigenvalue weighted by atomic mass is 10.0. The maximum absolute atomic E-state index is 11.4. The van der Waals surface area contributed by atoms with Crippen LogP contribution in [0, 0.1) is 13.8 Å². The number of aromatic nitrogens is 6. The van der Waals surface area contributed by atoms with Crippen molar-refractivity contribution in [2.45, 2.75) is 52.9 Å². The van der Waals surface area contributed by atoms with Crippen molar-refractivity contribution in [3.05, 3.63) is 95.1 Å². The SMILES string of the molecule is Cc1cc(CN2CC(C)N(Cc3cc(C)cc(-n4nc5ccccc5n4)c3O)CC2C)c(O)c(-n2nc3ccccc3n2)c1. The van der Waals surface area contributed by atoms with Crippen LogP contribution in [0.5, 0.6) is 11.5 Å². The van der Waals surface area contributed by atoms with E-state index in [1.54, 1.807) is 0 Å². The molecule has 0 bridgehead atoms. The first-order valence-electron chi connectivity index (χ1n) is 15.0. The number of nitrogens with zero attached hydrogens (tertiary/aromatic N) is 8. The second-order valence-corrected chi connectivity index (χ2v) is 12.1. The molecule has 44 heavy (non-hydrogen) atoms. The minimum Gasteiger partial charge on any atom is -0.505 e. The van der Waals surface area contributed by atoms with Gasteiger partial charge in [-0.25, -0.2) is 0 Å². The number of phenolic OH excluding ortho intramolecular Hbond substituents is 2. The first-order chi connectivity index (χ1) is 21.2. The summed E-state index contributed by atoms with van der Waals surface area (Å²) >= 11 is 0. The van der Waals surface area contributed by atoms with E-state index in [-0.39, 0.29) is 23.6 Å². The van der Waals surface area contributed by atoms with Gasteiger partial charge >= 0.3 is 0 Å². The molecular formula is C34H36N8O2. The molecule has 224 valence electrons. The lowest BCUT2D eigenvalue weighted by Gasteiger charge is -2.44. The molecule has 0 aliphatic carbocycles. The van der Waals surface area contributed by atoms with Crippen LogP contribution in [0.1, 0.15) is 36.1 Å². The number of aryl methyl sites for hydroxylation is 2. The summed E-state index contributed by atoms with van der Waals surface area (Å²) in [5.41, 5.74) is 8.11. The summed E-state index contributed by atoms with van der Waals surface area (Å²) in [6.07, 6.45) is 0. The van der Waals surface area contributed by atoms with Gasteiger partial charge in [0.2, 0.25) is 0 Å². The summed E-state index contributed by atoms with van der Waals surface area (Å²) < 4.78 is 0. The van der Waals surface area contributed by atoms with E-state index < -0.39 is 0 Å². The molecule has 1 saturated heterocycles. The third kappa shape index (κ3) is 5.16. The lowest BCUT2D eigenvalue weighted by Crippen LogP contribution is -2.55. The maximum Gasteiger partial charge on any atom is 0.147 e. The predicted octanol–water partition coefficient (Wildman–Crippen LogP) is 5.28. The average Bonchev–Trinajstić information content (AvgIpc) is 3.63. The van der Waals surface area contributed by atoms with Crippen molar-refractivity contribution in [2.75, 3.05) is 13.1 Å². The lowest BCUT2D eigenvalue weighted by molar-refractivity contribution is 0.0320. The first-order valence-corrected chi connectivity index (χ1v) is 15.0. The molecule has 1 aliphatic heterocycles. The molecule has 7 rings (SSSR count). The predicted molar refractivity (Wildman–Crippen MR) is 170 cm³/mol. The molecule has 1 fully saturated rings. The maximum atomic E-state index is 11.4. The van der Waals surface area contributed by atoms with Gasteiger partial charge in [0.15, 0.2) is 0 Å². The Morgan fingerprint density at radius 1 is 0.591 bits per heavy atom. The van der Waals surface area contributed by atoms with Crippen molar-refractivity contribution in [1.29, 1.82) is 0 Å². The highest BCUT2D eigenvalue weighted by atomic mass is 16.3. The molecule has 10 nitrogen and oxygen atoms in total. The first kappa shape index (κ1) is 28.0. The van der Waals surface area contributed by atoms with Crippen LogP contribution in [-0.2, 0) is 13.1 Å². The molecule has 0 radical (unpaired) electrons. The standard InChI is InChI=1S/C34H36N8O2/c1-21-13-25(33(43)31(15-21)41-35-27-9-5-6-10-28(27)36-41)19-39-17-24(4)40(18-23(39)3)20-26-14-22(2)16-32(34(26)44)42-37-29-11-7-8-12-30(29)38-42/h5-16,23-24,43-44H,17-20H2,1-4H3. The van der Waals surface area contributed by atoms with Gasteiger partial charge in [0.25, 0.3) is 0 Å². The Morgan fingerprint density at radius 2 is 0.932 bits per heavy atom. The summed E-state index contributed by atoms with van der Waals surface area (Å²) in [5.74, 6) is 0.408. The van der Waals surface area contributed by atoms with Crippen LogP contribution in [0.2, 0.25) is 0 Å². The third-order valence-electron chi connectivity index (χ3n) is 8.62. The van der Waals surface area contributed by atoms with Gasteiger partial charge in [-0.15, -0.1) is 30.0 Å². The number of hydrogen-bond donors (Lipinski definition) is 2. The van der Waals surface area contributed by atoms with Gasteiger partial charge in [-0.05, 0) is 75.2 Å². The summed E-state index contributed by atoms with van der Waals surface area (Å²) in [6, 6.07) is 23.8. The van der Waals surface area contributed by atoms with Crippen molar-refractivity contribution < 1.29 is 10.2 Å². The van der Waals surface area contributed by atoms with Gasteiger partial charge in [-0.2, -0.15) is 0 Å². The monoisotopic (exact) mass is 588 g/mol. The van der Waals surface area contributed by atoms with Crippen LogP contribution >= 0.6 is 0 Å². The van der Waals surface area contributed by atoms with E-state index in [1.807, 2.05) is 86.6 Å². The van der Waals surface area contributed by atoms with Crippen molar-refractivity contribution in [2.24, 2.45) is 0 Å². The topological polar surface area (TPSA) is 108 Å². The molecule has 2 atom stereocenters. The summed E-state index contributed by atoms with van der Waals surface area (Å²) in [4.78, 5) is 7.88. The Morgan fingerprint density at radius 3 is 1.27 bits per heavy atom. The van der Waals surface area contributed by atoms with E-state index >= 15 is 0 Å². The number of rotatable bonds is 6. The number of aromatic hydroxyl groups is 2. The molecule has 0 spiro atoms. The summed E-state index contributed by atoms with van der Waals surface area (Å²) in [7, 11) is 0. The molecule has 2 N–H and O–H groups in total. The number of fused-ring (bicyclic) bond motifs is 2. The molecule has 6 aromatic rings. The highest BCUT2D eigenvalue weighted by Crippen LogP contribution is 2.33. The molecule has 4 aromatic carbocycles. The molecule has 10 heteroatoms. The van der Waals surface area contributed by atoms with E-state index in [0.29, 0.717) is 24.5 Å². The molecule has 2 aromatic heterocycles. The van der Waals surface area contributed by atoms with Crippen molar-refractivity contribution in [3.63, 3.8) is 0 Å². The third-order valence-corrected chi connectivity index (χ3v) is 8.62. The van der Waals surface area contributed by atoms with Gasteiger partial charge in [-0.3, -0.25) is 9.80 Å². The molecule has 2 unspecified atom stereocenters. The molecule has 0 saturated carbocycles. The Kier molecular flexibility index (Phi) is 7.02. The largest absolute Gasteiger partial charge is 0.505 e. The van der Waals surface area contributed by atoms with Gasteiger partial charge in [-0.1, -0.05) is 36.4 Å². The highest BCUT2D eigenvalue weighted by Gasteiger charge is 2.31. The molecule has 1 aliphatic rings. The van der Waals surface area contributed by atoms with Gasteiger partial charge in [0, 0.05) is 49.4 Å². The van der Waals surface area contributed by atoms with Crippen LogP contribution in [0.3, 0.4) is 0 Å². The second kappa shape index (κ2) is 11.0. The van der Waals surface area contributed by atoms with E-state index in [1.165, 1.54) is 9.59 Å². The second-order valence-electron chi connectivity index (χ2n) is 12.1. The zero-order valence-electron chi connectivity index (χ0n) is 25.4. The number of hydrogen-bond acceptors (Lipinski definition) is 8. The molecular weight excluding hydrogens is 552 g/mol. The zero-order chi connectivity index (χ0) is 30.5. The Bertz CT molecular complexity index is 1790. The highest BCUT2D eigenvalue weighted by molar-refractivity contribution is 5.74. The Balaban J connectivity index is 1.10. The smallest absolute Gasteiger partial charge is 0.147 e. The van der Waals surface area contributed by atoms with Crippen LogP contribution < -0.4 is 0 Å². The minimum atomic E-state index is 0.204. The van der Waals surface area contributed by atoms with Gasteiger partial charge < -0.3 is 10.2 Å². The van der Waals surface area contributed by atoms with E-state index in [0.717, 1.165) is 57.4 Å². The fourth-order valence-electron chi connectivity index (χ4n) is 6.30. The minimum absolute atomic E-state index is 0.204. The Hall–Kier alpha value is -4.80. The Labute approximate surface area is 255 Å². The fraction of sp³-hybridized carbons (Fsp3) is 0.294. The normalized spacial score (nSPS) is 18.0. The van der Waals surface area contributed by atoms with Crippen LogP contribution in [0.15, 0.2) is 72.8 Å². The molecule has 0 amide bonds. The number of phenols is 2. The zero-order valence-corrected chi connectivity index (χ0v) is 25.4. The van der Waals surface area contributed by atoms with Crippen molar-refractivity contribution in [1.82, 2.24) is 39.8 Å².